The molecule has 1 aliphatic heterocycles. The zero-order chi connectivity index (χ0) is 22.4. The largest absolute Gasteiger partial charge is 0.468 e. The van der Waals surface area contributed by atoms with Crippen molar-refractivity contribution in [1.29, 1.82) is 0 Å². The summed E-state index contributed by atoms with van der Waals surface area (Å²) < 4.78 is 5.04. The Kier molecular flexibility index (Phi) is 7.87. The number of piperazine rings is 1. The molecule has 1 saturated heterocycles. The highest BCUT2D eigenvalue weighted by atomic mass is 35.5. The van der Waals surface area contributed by atoms with Crippen LogP contribution in [0.3, 0.4) is 0 Å². The van der Waals surface area contributed by atoms with Gasteiger partial charge in [-0.15, -0.1) is 0 Å². The van der Waals surface area contributed by atoms with Crippen molar-refractivity contribution in [2.75, 3.05) is 51.3 Å². The minimum absolute atomic E-state index is 0.0504. The summed E-state index contributed by atoms with van der Waals surface area (Å²) in [6.07, 6.45) is 1.64. The van der Waals surface area contributed by atoms with Crippen molar-refractivity contribution in [1.82, 2.24) is 14.8 Å². The van der Waals surface area contributed by atoms with E-state index in [0.717, 1.165) is 18.9 Å². The molecule has 0 aliphatic carbocycles. The number of carbonyl (C=O) groups is 2. The summed E-state index contributed by atoms with van der Waals surface area (Å²) >= 11 is 6.34. The van der Waals surface area contributed by atoms with Crippen LogP contribution in [-0.4, -0.2) is 73.0 Å². The molecule has 166 valence electrons. The van der Waals surface area contributed by atoms with Crippen molar-refractivity contribution in [3.63, 3.8) is 0 Å². The van der Waals surface area contributed by atoms with E-state index in [4.69, 9.17) is 16.3 Å². The number of aromatic nitrogens is 1. The molecule has 1 aliphatic rings. The topological polar surface area (TPSA) is 66.0 Å². The summed E-state index contributed by atoms with van der Waals surface area (Å²) in [6, 6.07) is 10.4. The second-order valence-corrected chi connectivity index (χ2v) is 7.76. The number of rotatable bonds is 7. The second kappa shape index (κ2) is 10.6. The highest BCUT2D eigenvalue weighted by molar-refractivity contribution is 6.31. The Labute approximate surface area is 188 Å². The lowest BCUT2D eigenvalue weighted by Crippen LogP contribution is -2.51. The van der Waals surface area contributed by atoms with E-state index in [1.807, 2.05) is 35.2 Å². The van der Waals surface area contributed by atoms with Crippen molar-refractivity contribution in [2.45, 2.75) is 19.9 Å². The molecule has 0 N–H and O–H groups in total. The van der Waals surface area contributed by atoms with Crippen LogP contribution in [0.4, 0.5) is 5.82 Å². The van der Waals surface area contributed by atoms with Gasteiger partial charge in [0.05, 0.1) is 12.7 Å². The number of halogens is 1. The maximum absolute atomic E-state index is 13.0. The van der Waals surface area contributed by atoms with Crippen molar-refractivity contribution in [2.24, 2.45) is 0 Å². The van der Waals surface area contributed by atoms with Gasteiger partial charge in [0, 0.05) is 50.5 Å². The normalized spacial score (nSPS) is 15.4. The number of esters is 1. The Morgan fingerprint density at radius 3 is 2.32 bits per heavy atom. The van der Waals surface area contributed by atoms with E-state index in [9.17, 15) is 9.59 Å². The van der Waals surface area contributed by atoms with E-state index in [2.05, 4.69) is 23.7 Å². The highest BCUT2D eigenvalue weighted by Gasteiger charge is 2.33. The fraction of sp³-hybridized carbons (Fsp3) is 0.435. The summed E-state index contributed by atoms with van der Waals surface area (Å²) in [5, 5.41) is 0.524. The van der Waals surface area contributed by atoms with Gasteiger partial charge in [0.1, 0.15) is 11.9 Å². The molecular weight excluding hydrogens is 416 g/mol. The minimum atomic E-state index is -0.592. The molecule has 0 spiro atoms. The van der Waals surface area contributed by atoms with Crippen LogP contribution in [0, 0.1) is 0 Å². The Bertz CT molecular complexity index is 894. The van der Waals surface area contributed by atoms with Gasteiger partial charge in [-0.3, -0.25) is 9.69 Å². The van der Waals surface area contributed by atoms with Crippen LogP contribution in [0.15, 0.2) is 42.6 Å². The molecule has 1 amide bonds. The van der Waals surface area contributed by atoms with Gasteiger partial charge < -0.3 is 14.5 Å². The van der Waals surface area contributed by atoms with Gasteiger partial charge in [-0.2, -0.15) is 0 Å². The summed E-state index contributed by atoms with van der Waals surface area (Å²) in [7, 11) is 1.38. The Morgan fingerprint density at radius 2 is 1.77 bits per heavy atom. The molecule has 31 heavy (non-hydrogen) atoms. The van der Waals surface area contributed by atoms with Crippen molar-refractivity contribution < 1.29 is 14.3 Å². The van der Waals surface area contributed by atoms with Crippen molar-refractivity contribution in [3.8, 4) is 0 Å². The number of pyridine rings is 1. The van der Waals surface area contributed by atoms with Gasteiger partial charge in [-0.1, -0.05) is 29.8 Å². The molecule has 0 bridgehead atoms. The summed E-state index contributed by atoms with van der Waals surface area (Å²) in [6.45, 7) is 7.99. The van der Waals surface area contributed by atoms with Crippen LogP contribution in [0.2, 0.25) is 5.02 Å². The van der Waals surface area contributed by atoms with Gasteiger partial charge >= 0.3 is 5.97 Å². The van der Waals surface area contributed by atoms with Crippen LogP contribution in [0.5, 0.6) is 0 Å². The standard InChI is InChI=1S/C23H29ClN4O3/c1-4-26(5-2)20-11-10-17(16-25-20)22(29)28-14-12-27(13-15-28)21(23(30)31-3)18-8-6-7-9-19(18)24/h6-11,16,21H,4-5,12-15H2,1-3H3. The van der Waals surface area contributed by atoms with E-state index in [-0.39, 0.29) is 11.9 Å². The van der Waals surface area contributed by atoms with Crippen LogP contribution < -0.4 is 4.90 Å². The first-order chi connectivity index (χ1) is 15.0. The smallest absolute Gasteiger partial charge is 0.327 e. The molecule has 1 unspecified atom stereocenters. The van der Waals surface area contributed by atoms with E-state index in [1.54, 1.807) is 17.2 Å². The highest BCUT2D eigenvalue weighted by Crippen LogP contribution is 2.29. The Hall–Kier alpha value is -2.64. The lowest BCUT2D eigenvalue weighted by molar-refractivity contribution is -0.148. The molecule has 3 rings (SSSR count). The molecule has 2 heterocycles. The molecule has 1 atom stereocenters. The van der Waals surface area contributed by atoms with E-state index < -0.39 is 6.04 Å². The van der Waals surface area contributed by atoms with Crippen LogP contribution in [-0.2, 0) is 9.53 Å². The van der Waals surface area contributed by atoms with Gasteiger partial charge in [0.25, 0.3) is 5.91 Å². The monoisotopic (exact) mass is 444 g/mol. The number of nitrogens with zero attached hydrogens (tertiary/aromatic N) is 4. The lowest BCUT2D eigenvalue weighted by Gasteiger charge is -2.38. The molecule has 0 radical (unpaired) electrons. The van der Waals surface area contributed by atoms with E-state index >= 15 is 0 Å². The Morgan fingerprint density at radius 1 is 1.10 bits per heavy atom. The SMILES string of the molecule is CCN(CC)c1ccc(C(=O)N2CCN(C(C(=O)OC)c3ccccc3Cl)CC2)cn1. The first-order valence-corrected chi connectivity index (χ1v) is 10.9. The number of hydrogen-bond donors (Lipinski definition) is 0. The predicted octanol–water partition coefficient (Wildman–Crippen LogP) is 3.25. The number of methoxy groups -OCH3 is 1. The zero-order valence-corrected chi connectivity index (χ0v) is 19.0. The van der Waals surface area contributed by atoms with Crippen molar-refractivity contribution in [3.05, 3.63) is 58.7 Å². The van der Waals surface area contributed by atoms with Gasteiger partial charge in [-0.25, -0.2) is 9.78 Å². The number of anilines is 1. The van der Waals surface area contributed by atoms with Gasteiger partial charge in [0.2, 0.25) is 0 Å². The number of benzene rings is 1. The van der Waals surface area contributed by atoms with Gasteiger partial charge in [0.15, 0.2) is 0 Å². The molecule has 0 saturated carbocycles. The average Bonchev–Trinajstić information content (AvgIpc) is 2.81. The summed E-state index contributed by atoms with van der Waals surface area (Å²) in [4.78, 5) is 35.9. The second-order valence-electron chi connectivity index (χ2n) is 7.35. The zero-order valence-electron chi connectivity index (χ0n) is 18.3. The fourth-order valence-electron chi connectivity index (χ4n) is 3.89. The van der Waals surface area contributed by atoms with Crippen LogP contribution >= 0.6 is 11.6 Å². The summed E-state index contributed by atoms with van der Waals surface area (Å²) in [5.41, 5.74) is 1.28. The molecule has 1 fully saturated rings. The number of hydrogen-bond acceptors (Lipinski definition) is 6. The van der Waals surface area contributed by atoms with Gasteiger partial charge in [-0.05, 0) is 37.6 Å². The molecule has 1 aromatic heterocycles. The predicted molar refractivity (Wildman–Crippen MR) is 121 cm³/mol. The van der Waals surface area contributed by atoms with Crippen LogP contribution in [0.1, 0.15) is 35.8 Å². The molecule has 8 heteroatoms. The third kappa shape index (κ3) is 5.17. The third-order valence-electron chi connectivity index (χ3n) is 5.67. The maximum atomic E-state index is 13.0. The minimum Gasteiger partial charge on any atom is -0.468 e. The summed E-state index contributed by atoms with van der Waals surface area (Å²) in [5.74, 6) is 0.460. The number of amides is 1. The van der Waals surface area contributed by atoms with E-state index in [0.29, 0.717) is 42.3 Å². The fourth-order valence-corrected chi connectivity index (χ4v) is 4.13. The molecule has 7 nitrogen and oxygen atoms in total. The van der Waals surface area contributed by atoms with Crippen LogP contribution in [0.25, 0.3) is 0 Å². The molecule has 2 aromatic rings. The average molecular weight is 445 g/mol. The van der Waals surface area contributed by atoms with Crippen molar-refractivity contribution >= 4 is 29.3 Å². The number of ether oxygens (including phenoxy) is 1. The third-order valence-corrected chi connectivity index (χ3v) is 6.02. The Balaban J connectivity index is 1.68. The quantitative estimate of drug-likeness (QED) is 0.611. The molecule has 1 aromatic carbocycles. The molecular formula is C23H29ClN4O3. The number of carbonyl (C=O) groups excluding carboxylic acids is 2. The maximum Gasteiger partial charge on any atom is 0.327 e. The first-order valence-electron chi connectivity index (χ1n) is 10.6. The van der Waals surface area contributed by atoms with E-state index in [1.165, 1.54) is 7.11 Å². The lowest BCUT2D eigenvalue weighted by atomic mass is 10.0. The first kappa shape index (κ1) is 23.0.